The maximum absolute atomic E-state index is 12.1. The lowest BCUT2D eigenvalue weighted by atomic mass is 9.98. The van der Waals surface area contributed by atoms with Crippen LogP contribution in [0.2, 0.25) is 0 Å². The summed E-state index contributed by atoms with van der Waals surface area (Å²) in [6, 6.07) is 2.13. The second-order valence-corrected chi connectivity index (χ2v) is 6.71. The molecule has 0 aliphatic heterocycles. The van der Waals surface area contributed by atoms with Crippen molar-refractivity contribution in [3.05, 3.63) is 23.3 Å². The van der Waals surface area contributed by atoms with E-state index in [2.05, 4.69) is 26.5 Å². The van der Waals surface area contributed by atoms with Crippen molar-refractivity contribution in [2.45, 2.75) is 45.6 Å². The summed E-state index contributed by atoms with van der Waals surface area (Å²) in [6.45, 7) is 4.88. The highest BCUT2D eigenvalue weighted by atomic mass is 16.5. The minimum atomic E-state index is -0.904. The first-order valence-electron chi connectivity index (χ1n) is 8.37. The average Bonchev–Trinajstić information content (AvgIpc) is 3.36. The number of rotatable bonds is 6. The minimum absolute atomic E-state index is 0.0219. The van der Waals surface area contributed by atoms with Crippen molar-refractivity contribution in [3.63, 3.8) is 0 Å². The van der Waals surface area contributed by atoms with Gasteiger partial charge in [0.25, 0.3) is 11.7 Å². The van der Waals surface area contributed by atoms with Gasteiger partial charge in [-0.1, -0.05) is 0 Å². The van der Waals surface area contributed by atoms with E-state index in [1.807, 2.05) is 6.92 Å². The van der Waals surface area contributed by atoms with Gasteiger partial charge in [-0.3, -0.25) is 9.59 Å². The van der Waals surface area contributed by atoms with Gasteiger partial charge in [0.2, 0.25) is 0 Å². The number of hydrogen-bond acceptors (Lipinski definition) is 7. The van der Waals surface area contributed by atoms with Gasteiger partial charge in [-0.25, -0.2) is 9.50 Å². The number of carbonyl (C=O) groups is 2. The smallest absolute Gasteiger partial charge is 0.310 e. The number of fused-ring (bicyclic) bond motifs is 1. The summed E-state index contributed by atoms with van der Waals surface area (Å²) in [5, 5.41) is 16.0. The van der Waals surface area contributed by atoms with Crippen LogP contribution in [0.3, 0.4) is 0 Å². The maximum Gasteiger partial charge on any atom is 0.310 e. The predicted molar refractivity (Wildman–Crippen MR) is 89.8 cm³/mol. The molecule has 9 heteroatoms. The lowest BCUT2D eigenvalue weighted by Crippen LogP contribution is -2.48. The number of nitrogens with one attached hydrogen (secondary N) is 1. The van der Waals surface area contributed by atoms with E-state index < -0.39 is 24.0 Å². The van der Waals surface area contributed by atoms with E-state index in [1.54, 1.807) is 18.4 Å². The summed E-state index contributed by atoms with van der Waals surface area (Å²) >= 11 is 0. The van der Waals surface area contributed by atoms with E-state index in [0.717, 1.165) is 18.5 Å². The molecular formula is C17H20N6O3. The number of amides is 1. The molecule has 26 heavy (non-hydrogen) atoms. The first-order chi connectivity index (χ1) is 12.3. The van der Waals surface area contributed by atoms with Crippen molar-refractivity contribution in [2.24, 2.45) is 5.92 Å². The van der Waals surface area contributed by atoms with Crippen LogP contribution in [0.25, 0.3) is 5.78 Å². The molecule has 0 aromatic carbocycles. The maximum atomic E-state index is 12.1. The summed E-state index contributed by atoms with van der Waals surface area (Å²) in [5.41, 5.74) is 1.19. The molecule has 1 saturated carbocycles. The lowest BCUT2D eigenvalue weighted by Gasteiger charge is -2.22. The molecule has 1 aliphatic rings. The van der Waals surface area contributed by atoms with Crippen LogP contribution >= 0.6 is 0 Å². The number of carbonyl (C=O) groups excluding carboxylic acids is 2. The van der Waals surface area contributed by atoms with Crippen LogP contribution < -0.4 is 5.32 Å². The molecule has 1 fully saturated rings. The summed E-state index contributed by atoms with van der Waals surface area (Å²) in [5.74, 6) is -0.393. The third-order valence-corrected chi connectivity index (χ3v) is 4.70. The molecule has 1 N–H and O–H groups in total. The van der Waals surface area contributed by atoms with E-state index in [0.29, 0.717) is 17.0 Å². The predicted octanol–water partition coefficient (Wildman–Crippen LogP) is 0.635. The molecule has 2 aromatic rings. The lowest BCUT2D eigenvalue weighted by molar-refractivity contribution is -0.148. The summed E-state index contributed by atoms with van der Waals surface area (Å²) in [7, 11) is 0. The minimum Gasteiger partial charge on any atom is -0.455 e. The number of ether oxygens (including phenoxy) is 1. The second-order valence-electron chi connectivity index (χ2n) is 6.71. The Morgan fingerprint density at radius 2 is 2.19 bits per heavy atom. The topological polar surface area (TPSA) is 122 Å². The summed E-state index contributed by atoms with van der Waals surface area (Å²) in [6.07, 6.45) is 3.21. The standard InChI is InChI=1S/C17H20N6O3/c1-10-13(11(2)23-16(21-10)19-9-20-23)6-15(25)26-7-14(24)22-17(3,8-18)12-4-5-12/h9,12H,4-7H2,1-3H3,(H,22,24)/t17-/m1/s1. The highest BCUT2D eigenvalue weighted by molar-refractivity contribution is 5.82. The monoisotopic (exact) mass is 356 g/mol. The van der Waals surface area contributed by atoms with E-state index >= 15 is 0 Å². The van der Waals surface area contributed by atoms with Gasteiger partial charge in [0, 0.05) is 17.0 Å². The first kappa shape index (κ1) is 17.8. The Kier molecular flexibility index (Phi) is 4.59. The number of hydrogen-bond donors (Lipinski definition) is 1. The van der Waals surface area contributed by atoms with Crippen molar-refractivity contribution in [1.82, 2.24) is 24.9 Å². The number of aryl methyl sites for hydroxylation is 2. The first-order valence-corrected chi connectivity index (χ1v) is 8.37. The SMILES string of the molecule is Cc1nc2ncnn2c(C)c1CC(=O)OCC(=O)N[C@](C)(C#N)C1CC1. The summed E-state index contributed by atoms with van der Waals surface area (Å²) in [4.78, 5) is 32.5. The molecular weight excluding hydrogens is 336 g/mol. The van der Waals surface area contributed by atoms with Crippen LogP contribution in [0.15, 0.2) is 6.33 Å². The number of nitriles is 1. The fraction of sp³-hybridized carbons (Fsp3) is 0.529. The van der Waals surface area contributed by atoms with E-state index in [9.17, 15) is 14.9 Å². The third kappa shape index (κ3) is 3.49. The zero-order valence-electron chi connectivity index (χ0n) is 14.9. The zero-order chi connectivity index (χ0) is 18.9. The summed E-state index contributed by atoms with van der Waals surface area (Å²) < 4.78 is 6.62. The number of aromatic nitrogens is 4. The van der Waals surface area contributed by atoms with Crippen LogP contribution in [-0.2, 0) is 20.7 Å². The Balaban J connectivity index is 1.59. The van der Waals surface area contributed by atoms with Crippen molar-refractivity contribution in [1.29, 1.82) is 5.26 Å². The van der Waals surface area contributed by atoms with Crippen LogP contribution in [-0.4, -0.2) is 43.6 Å². The second kappa shape index (κ2) is 6.71. The van der Waals surface area contributed by atoms with Gasteiger partial charge >= 0.3 is 5.97 Å². The normalized spacial score (nSPS) is 15.9. The molecule has 0 unspecified atom stereocenters. The average molecular weight is 356 g/mol. The molecule has 0 spiro atoms. The molecule has 1 aliphatic carbocycles. The van der Waals surface area contributed by atoms with Crippen LogP contribution in [0.1, 0.15) is 36.7 Å². The van der Waals surface area contributed by atoms with Crippen molar-refractivity contribution in [2.75, 3.05) is 6.61 Å². The molecule has 136 valence electrons. The van der Waals surface area contributed by atoms with Gasteiger partial charge in [0.15, 0.2) is 6.61 Å². The van der Waals surface area contributed by atoms with Gasteiger partial charge in [0.05, 0.1) is 12.5 Å². The Morgan fingerprint density at radius 3 is 2.85 bits per heavy atom. The number of nitrogens with zero attached hydrogens (tertiary/aromatic N) is 5. The molecule has 3 rings (SSSR count). The molecule has 1 amide bonds. The molecule has 2 aromatic heterocycles. The van der Waals surface area contributed by atoms with E-state index in [4.69, 9.17) is 4.74 Å². The molecule has 0 saturated heterocycles. The molecule has 2 heterocycles. The fourth-order valence-corrected chi connectivity index (χ4v) is 2.96. The number of esters is 1. The van der Waals surface area contributed by atoms with Gasteiger partial charge in [-0.15, -0.1) is 0 Å². The molecule has 9 nitrogen and oxygen atoms in total. The van der Waals surface area contributed by atoms with Crippen molar-refractivity contribution < 1.29 is 14.3 Å². The van der Waals surface area contributed by atoms with Gasteiger partial charge in [0.1, 0.15) is 11.9 Å². The van der Waals surface area contributed by atoms with Gasteiger partial charge < -0.3 is 10.1 Å². The highest BCUT2D eigenvalue weighted by Crippen LogP contribution is 2.39. The Labute approximate surface area is 150 Å². The van der Waals surface area contributed by atoms with E-state index in [-0.39, 0.29) is 12.3 Å². The Bertz CT molecular complexity index is 911. The molecule has 0 radical (unpaired) electrons. The molecule has 1 atom stereocenters. The van der Waals surface area contributed by atoms with Crippen molar-refractivity contribution in [3.8, 4) is 6.07 Å². The van der Waals surface area contributed by atoms with Crippen LogP contribution in [0.4, 0.5) is 0 Å². The quantitative estimate of drug-likeness (QED) is 0.753. The van der Waals surface area contributed by atoms with Gasteiger partial charge in [-0.2, -0.15) is 15.3 Å². The van der Waals surface area contributed by atoms with E-state index in [1.165, 1.54) is 6.33 Å². The Morgan fingerprint density at radius 1 is 1.46 bits per heavy atom. The fourth-order valence-electron chi connectivity index (χ4n) is 2.96. The van der Waals surface area contributed by atoms with Gasteiger partial charge in [-0.05, 0) is 39.5 Å². The Hall–Kier alpha value is -3.02. The van der Waals surface area contributed by atoms with Crippen LogP contribution in [0, 0.1) is 31.1 Å². The molecule has 0 bridgehead atoms. The van der Waals surface area contributed by atoms with Crippen LogP contribution in [0.5, 0.6) is 0 Å². The zero-order valence-corrected chi connectivity index (χ0v) is 14.9. The third-order valence-electron chi connectivity index (χ3n) is 4.70. The largest absolute Gasteiger partial charge is 0.455 e. The highest BCUT2D eigenvalue weighted by Gasteiger charge is 2.43. The van der Waals surface area contributed by atoms with Crippen molar-refractivity contribution >= 4 is 17.7 Å².